The highest BCUT2D eigenvalue weighted by Crippen LogP contribution is 2.23. The van der Waals surface area contributed by atoms with E-state index in [9.17, 15) is 4.79 Å². The monoisotopic (exact) mass is 278 g/mol. The van der Waals surface area contributed by atoms with Crippen LogP contribution in [-0.4, -0.2) is 29.0 Å². The summed E-state index contributed by atoms with van der Waals surface area (Å²) in [6, 6.07) is 0. The minimum absolute atomic E-state index is 0.242. The van der Waals surface area contributed by atoms with Crippen molar-refractivity contribution in [2.45, 2.75) is 52.4 Å². The Morgan fingerprint density at radius 1 is 1.12 bits per heavy atom. The van der Waals surface area contributed by atoms with Crippen molar-refractivity contribution in [2.24, 2.45) is 5.92 Å². The first kappa shape index (κ1) is 17.3. The SMILES string of the molecule is CCCC(CCC)C(=O)CCCSSCCO. The van der Waals surface area contributed by atoms with Gasteiger partial charge in [-0.1, -0.05) is 48.3 Å². The first-order valence-electron chi connectivity index (χ1n) is 6.64. The van der Waals surface area contributed by atoms with Crippen LogP contribution in [0, 0.1) is 5.92 Å². The summed E-state index contributed by atoms with van der Waals surface area (Å²) in [7, 11) is 3.45. The highest BCUT2D eigenvalue weighted by Gasteiger charge is 2.15. The van der Waals surface area contributed by atoms with E-state index >= 15 is 0 Å². The Kier molecular flexibility index (Phi) is 13.0. The molecule has 0 aliphatic carbocycles. The molecule has 102 valence electrons. The van der Waals surface area contributed by atoms with Crippen LogP contribution in [0.15, 0.2) is 0 Å². The van der Waals surface area contributed by atoms with Crippen LogP contribution in [0.3, 0.4) is 0 Å². The van der Waals surface area contributed by atoms with E-state index < -0.39 is 0 Å². The number of hydrogen-bond donors (Lipinski definition) is 1. The average Bonchev–Trinajstić information content (AvgIpc) is 2.33. The predicted octanol–water partition coefficient (Wildman–Crippen LogP) is 3.93. The van der Waals surface area contributed by atoms with Gasteiger partial charge in [-0.3, -0.25) is 4.79 Å². The van der Waals surface area contributed by atoms with E-state index in [0.29, 0.717) is 11.7 Å². The molecule has 0 saturated heterocycles. The third kappa shape index (κ3) is 9.98. The fourth-order valence-corrected chi connectivity index (χ4v) is 3.68. The Morgan fingerprint density at radius 2 is 1.71 bits per heavy atom. The number of carbonyl (C=O) groups is 1. The predicted molar refractivity (Wildman–Crippen MR) is 79.5 cm³/mol. The zero-order valence-corrected chi connectivity index (χ0v) is 12.7. The number of aliphatic hydroxyl groups is 1. The lowest BCUT2D eigenvalue weighted by Gasteiger charge is -2.13. The summed E-state index contributed by atoms with van der Waals surface area (Å²) in [6.45, 7) is 4.54. The standard InChI is InChI=1S/C13H26O2S2/c1-3-6-12(7-4-2)13(15)8-5-10-16-17-11-9-14/h12,14H,3-11H2,1-2H3. The molecule has 0 atom stereocenters. The lowest BCUT2D eigenvalue weighted by molar-refractivity contribution is -0.123. The van der Waals surface area contributed by atoms with E-state index in [-0.39, 0.29) is 6.61 Å². The lowest BCUT2D eigenvalue weighted by atomic mass is 9.91. The second-order valence-electron chi connectivity index (χ2n) is 4.21. The molecule has 17 heavy (non-hydrogen) atoms. The zero-order valence-electron chi connectivity index (χ0n) is 11.1. The molecule has 0 amide bonds. The molecule has 4 heteroatoms. The lowest BCUT2D eigenvalue weighted by Crippen LogP contribution is -2.14. The number of Topliss-reactive ketones (excluding diaryl/α,β-unsaturated/α-hetero) is 1. The van der Waals surface area contributed by atoms with E-state index in [1.54, 1.807) is 21.6 Å². The van der Waals surface area contributed by atoms with Gasteiger partial charge in [0.2, 0.25) is 0 Å². The quantitative estimate of drug-likeness (QED) is 0.433. The topological polar surface area (TPSA) is 37.3 Å². The van der Waals surface area contributed by atoms with Gasteiger partial charge in [-0.25, -0.2) is 0 Å². The Balaban J connectivity index is 3.59. The van der Waals surface area contributed by atoms with Crippen molar-refractivity contribution in [1.29, 1.82) is 0 Å². The fraction of sp³-hybridized carbons (Fsp3) is 0.923. The summed E-state index contributed by atoms with van der Waals surface area (Å²) in [5, 5.41) is 8.61. The largest absolute Gasteiger partial charge is 0.395 e. The second-order valence-corrected chi connectivity index (χ2v) is 6.91. The Bertz CT molecular complexity index is 180. The van der Waals surface area contributed by atoms with Crippen LogP contribution < -0.4 is 0 Å². The number of rotatable bonds is 12. The molecule has 0 aromatic rings. The zero-order chi connectivity index (χ0) is 12.9. The van der Waals surface area contributed by atoms with Gasteiger partial charge in [0.1, 0.15) is 5.78 Å². The minimum Gasteiger partial charge on any atom is -0.395 e. The molecule has 0 unspecified atom stereocenters. The summed E-state index contributed by atoms with van der Waals surface area (Å²) >= 11 is 0. The summed E-state index contributed by atoms with van der Waals surface area (Å²) in [5.74, 6) is 2.57. The minimum atomic E-state index is 0.242. The van der Waals surface area contributed by atoms with Crippen molar-refractivity contribution < 1.29 is 9.90 Å². The van der Waals surface area contributed by atoms with Gasteiger partial charge in [0.25, 0.3) is 0 Å². The van der Waals surface area contributed by atoms with Crippen molar-refractivity contribution >= 4 is 27.4 Å². The average molecular weight is 278 g/mol. The maximum atomic E-state index is 12.0. The molecule has 1 N–H and O–H groups in total. The van der Waals surface area contributed by atoms with Crippen molar-refractivity contribution in [3.63, 3.8) is 0 Å². The summed E-state index contributed by atoms with van der Waals surface area (Å²) < 4.78 is 0. The van der Waals surface area contributed by atoms with Gasteiger partial charge in [0.05, 0.1) is 6.61 Å². The van der Waals surface area contributed by atoms with Crippen LogP contribution in [0.1, 0.15) is 52.4 Å². The van der Waals surface area contributed by atoms with E-state index in [1.165, 1.54) is 0 Å². The fourth-order valence-electron chi connectivity index (χ4n) is 1.83. The van der Waals surface area contributed by atoms with Crippen molar-refractivity contribution in [3.8, 4) is 0 Å². The molecule has 0 fully saturated rings. The Morgan fingerprint density at radius 3 is 2.24 bits per heavy atom. The smallest absolute Gasteiger partial charge is 0.136 e. The second kappa shape index (κ2) is 12.8. The van der Waals surface area contributed by atoms with Gasteiger partial charge >= 0.3 is 0 Å². The molecular formula is C13H26O2S2. The molecule has 0 radical (unpaired) electrons. The van der Waals surface area contributed by atoms with Gasteiger partial charge in [0.15, 0.2) is 0 Å². The normalized spacial score (nSPS) is 11.1. The van der Waals surface area contributed by atoms with Gasteiger partial charge in [-0.15, -0.1) is 0 Å². The van der Waals surface area contributed by atoms with E-state index in [4.69, 9.17) is 5.11 Å². The first-order valence-corrected chi connectivity index (χ1v) is 9.13. The van der Waals surface area contributed by atoms with Crippen LogP contribution in [0.25, 0.3) is 0 Å². The molecule has 0 heterocycles. The first-order chi connectivity index (χ1) is 8.26. The van der Waals surface area contributed by atoms with Crippen molar-refractivity contribution in [1.82, 2.24) is 0 Å². The Labute approximate surface area is 114 Å². The summed E-state index contributed by atoms with van der Waals surface area (Å²) in [5.41, 5.74) is 0. The van der Waals surface area contributed by atoms with Crippen molar-refractivity contribution in [3.05, 3.63) is 0 Å². The molecule has 0 aromatic carbocycles. The van der Waals surface area contributed by atoms with E-state index in [1.807, 2.05) is 0 Å². The van der Waals surface area contributed by atoms with Crippen LogP contribution in [0.4, 0.5) is 0 Å². The molecule has 0 saturated carbocycles. The number of ketones is 1. The van der Waals surface area contributed by atoms with Gasteiger partial charge < -0.3 is 5.11 Å². The molecule has 0 rings (SSSR count). The van der Waals surface area contributed by atoms with Crippen LogP contribution in [-0.2, 0) is 4.79 Å². The number of carbonyl (C=O) groups excluding carboxylic acids is 1. The molecule has 2 nitrogen and oxygen atoms in total. The highest BCUT2D eigenvalue weighted by molar-refractivity contribution is 8.76. The van der Waals surface area contributed by atoms with Crippen molar-refractivity contribution in [2.75, 3.05) is 18.1 Å². The molecule has 0 bridgehead atoms. The number of aliphatic hydroxyl groups excluding tert-OH is 1. The molecule has 0 aromatic heterocycles. The van der Waals surface area contributed by atoms with E-state index in [0.717, 1.165) is 50.0 Å². The van der Waals surface area contributed by atoms with Gasteiger partial charge in [0, 0.05) is 23.8 Å². The molecule has 0 aliphatic rings. The highest BCUT2D eigenvalue weighted by atomic mass is 33.1. The Hall–Kier alpha value is 0.330. The van der Waals surface area contributed by atoms with Crippen LogP contribution in [0.5, 0.6) is 0 Å². The van der Waals surface area contributed by atoms with Crippen LogP contribution in [0.2, 0.25) is 0 Å². The van der Waals surface area contributed by atoms with Gasteiger partial charge in [-0.2, -0.15) is 0 Å². The number of hydrogen-bond acceptors (Lipinski definition) is 4. The third-order valence-electron chi connectivity index (χ3n) is 2.64. The summed E-state index contributed by atoms with van der Waals surface area (Å²) in [4.78, 5) is 12.0. The third-order valence-corrected chi connectivity index (χ3v) is 5.11. The molecule has 0 aliphatic heterocycles. The summed E-state index contributed by atoms with van der Waals surface area (Å²) in [6.07, 6.45) is 6.04. The maximum absolute atomic E-state index is 12.0. The maximum Gasteiger partial charge on any atom is 0.136 e. The van der Waals surface area contributed by atoms with Crippen LogP contribution >= 0.6 is 21.6 Å². The molecular weight excluding hydrogens is 252 g/mol. The molecule has 0 spiro atoms. The van der Waals surface area contributed by atoms with E-state index in [2.05, 4.69) is 13.8 Å². The van der Waals surface area contributed by atoms with Gasteiger partial charge in [-0.05, 0) is 19.3 Å².